The van der Waals surface area contributed by atoms with Crippen LogP contribution < -0.4 is 16.6 Å². The normalized spacial score (nSPS) is 14.5. The lowest BCUT2D eigenvalue weighted by molar-refractivity contribution is -0.116. The summed E-state index contributed by atoms with van der Waals surface area (Å²) in [5, 5.41) is 2.72. The Morgan fingerprint density at radius 3 is 2.58 bits per heavy atom. The van der Waals surface area contributed by atoms with Gasteiger partial charge in [-0.15, -0.1) is 15.7 Å². The minimum absolute atomic E-state index is 0.00832. The smallest absolute Gasteiger partial charge is 0.334 e. The molecule has 1 aliphatic heterocycles. The second-order valence-corrected chi connectivity index (χ2v) is 13.8. The monoisotopic (exact) mass is 593 g/mol. The fraction of sp³-hybridized carbons (Fsp3) is 0.136. The molecule has 16 heteroatoms. The number of nitrogens with one attached hydrogen (secondary N) is 2. The molecule has 0 aliphatic carbocycles. The maximum atomic E-state index is 13.2. The number of hydrogen-bond donors (Lipinski definition) is 2. The van der Waals surface area contributed by atoms with E-state index in [4.69, 9.17) is 11.6 Å². The molecule has 1 aromatic carbocycles. The first kappa shape index (κ1) is 26.0. The lowest BCUT2D eigenvalue weighted by Gasteiger charge is -2.16. The summed E-state index contributed by atoms with van der Waals surface area (Å²) in [6.07, 6.45) is 1.00. The van der Waals surface area contributed by atoms with E-state index in [0.717, 1.165) is 22.0 Å². The van der Waals surface area contributed by atoms with Crippen LogP contribution in [-0.2, 0) is 31.1 Å². The van der Waals surface area contributed by atoms with Gasteiger partial charge in [-0.2, -0.15) is 8.42 Å². The maximum Gasteiger partial charge on any atom is 0.334 e. The van der Waals surface area contributed by atoms with Crippen LogP contribution in [0.2, 0.25) is 4.34 Å². The van der Waals surface area contributed by atoms with Gasteiger partial charge < -0.3 is 10.3 Å². The van der Waals surface area contributed by atoms with Crippen LogP contribution in [0, 0.1) is 0 Å². The molecule has 0 amide bonds. The van der Waals surface area contributed by atoms with Crippen molar-refractivity contribution in [2.75, 3.05) is 11.1 Å². The highest BCUT2D eigenvalue weighted by Crippen LogP contribution is 2.30. The summed E-state index contributed by atoms with van der Waals surface area (Å²) >= 11 is 6.64. The summed E-state index contributed by atoms with van der Waals surface area (Å²) in [5.74, 6) is -1.24. The number of fused-ring (bicyclic) bond motifs is 2. The second kappa shape index (κ2) is 9.27. The number of rotatable bonds is 6. The molecular formula is C22H16ClN5O7S3. The number of nitrogens with zero attached hydrogens (tertiary/aromatic N) is 3. The van der Waals surface area contributed by atoms with Crippen LogP contribution in [0.4, 0.5) is 5.69 Å². The summed E-state index contributed by atoms with van der Waals surface area (Å²) in [5.41, 5.74) is -0.978. The number of amidine groups is 1. The molecule has 38 heavy (non-hydrogen) atoms. The van der Waals surface area contributed by atoms with E-state index < -0.39 is 42.6 Å². The van der Waals surface area contributed by atoms with Gasteiger partial charge in [-0.1, -0.05) is 17.7 Å². The van der Waals surface area contributed by atoms with Gasteiger partial charge in [0.2, 0.25) is 0 Å². The van der Waals surface area contributed by atoms with Gasteiger partial charge in [0.05, 0.1) is 20.9 Å². The van der Waals surface area contributed by atoms with Crippen LogP contribution in [0.3, 0.4) is 0 Å². The summed E-state index contributed by atoms with van der Waals surface area (Å²) in [4.78, 5) is 44.8. The van der Waals surface area contributed by atoms with Crippen LogP contribution in [0.15, 0.2) is 65.7 Å². The predicted molar refractivity (Wildman–Crippen MR) is 142 cm³/mol. The van der Waals surface area contributed by atoms with Crippen molar-refractivity contribution in [1.82, 2.24) is 14.5 Å². The Kier molecular flexibility index (Phi) is 6.33. The molecule has 4 heterocycles. The van der Waals surface area contributed by atoms with Gasteiger partial charge in [0, 0.05) is 12.6 Å². The SMILES string of the molecule is CC1=NS(=O)(=O)c2cc3c(=O)n(-c4ccc(CC(=O)CS(=O)(=O)c5ccc(Cl)s5)cn4)c(=O)[nH]c3cc2N1. The van der Waals surface area contributed by atoms with Gasteiger partial charge in [0.15, 0.2) is 15.6 Å². The number of benzene rings is 1. The number of H-pyrrole nitrogens is 1. The zero-order chi connectivity index (χ0) is 27.4. The standard InChI is InChI=1S/C22H16ClN5O7S3/c1-11-25-16-8-15-14(7-17(16)38(34,35)27-11)21(30)28(22(31)26-15)19-4-2-12(9-24-19)6-13(29)10-37(32,33)20-5-3-18(23)36-20/h2-5,7-9H,6,10H2,1H3,(H,25,27)(H,26,31). The minimum atomic E-state index is -4.04. The maximum absolute atomic E-state index is 13.2. The quantitative estimate of drug-likeness (QED) is 0.338. The molecule has 0 saturated carbocycles. The van der Waals surface area contributed by atoms with E-state index in [0.29, 0.717) is 5.56 Å². The summed E-state index contributed by atoms with van der Waals surface area (Å²) in [6.45, 7) is 1.47. The number of carbonyl (C=O) groups is 1. The highest BCUT2D eigenvalue weighted by Gasteiger charge is 2.26. The molecular weight excluding hydrogens is 578 g/mol. The van der Waals surface area contributed by atoms with E-state index in [1.54, 1.807) is 0 Å². The number of aromatic nitrogens is 3. The summed E-state index contributed by atoms with van der Waals surface area (Å²) < 4.78 is 54.3. The Balaban J connectivity index is 1.44. The number of pyridine rings is 1. The molecule has 0 saturated heterocycles. The van der Waals surface area contributed by atoms with Crippen molar-refractivity contribution >= 4 is 71.0 Å². The van der Waals surface area contributed by atoms with Gasteiger partial charge >= 0.3 is 5.69 Å². The summed E-state index contributed by atoms with van der Waals surface area (Å²) in [6, 6.07) is 8.00. The Labute approximate surface area is 223 Å². The lowest BCUT2D eigenvalue weighted by atomic mass is 10.1. The number of carbonyl (C=O) groups excluding carboxylic acids is 1. The third-order valence-corrected chi connectivity index (χ3v) is 10.4. The van der Waals surface area contributed by atoms with E-state index in [1.807, 2.05) is 0 Å². The van der Waals surface area contributed by atoms with E-state index in [1.165, 1.54) is 43.5 Å². The van der Waals surface area contributed by atoms with Gasteiger partial charge in [-0.3, -0.25) is 9.59 Å². The number of sulfone groups is 1. The number of anilines is 1. The molecule has 0 unspecified atom stereocenters. The topological polar surface area (TPSA) is 177 Å². The zero-order valence-corrected chi connectivity index (χ0v) is 22.5. The predicted octanol–water partition coefficient (Wildman–Crippen LogP) is 1.91. The molecule has 12 nitrogen and oxygen atoms in total. The summed E-state index contributed by atoms with van der Waals surface area (Å²) in [7, 11) is -7.89. The highest BCUT2D eigenvalue weighted by atomic mass is 35.5. The van der Waals surface area contributed by atoms with Gasteiger partial charge in [-0.05, 0) is 42.8 Å². The van der Waals surface area contributed by atoms with Crippen molar-refractivity contribution in [3.63, 3.8) is 0 Å². The molecule has 0 atom stereocenters. The molecule has 0 bridgehead atoms. The van der Waals surface area contributed by atoms with Crippen molar-refractivity contribution in [1.29, 1.82) is 0 Å². The fourth-order valence-corrected chi connectivity index (χ4v) is 7.86. The molecule has 4 aromatic rings. The van der Waals surface area contributed by atoms with Crippen molar-refractivity contribution < 1.29 is 21.6 Å². The van der Waals surface area contributed by atoms with Crippen molar-refractivity contribution in [2.24, 2.45) is 4.40 Å². The number of ketones is 1. The Morgan fingerprint density at radius 1 is 1.16 bits per heavy atom. The first-order valence-corrected chi connectivity index (χ1v) is 15.0. The molecule has 0 fully saturated rings. The average Bonchev–Trinajstić information content (AvgIpc) is 3.26. The van der Waals surface area contributed by atoms with Crippen LogP contribution in [0.5, 0.6) is 0 Å². The number of thiophene rings is 1. The van der Waals surface area contributed by atoms with Crippen molar-refractivity contribution in [3.05, 3.63) is 73.3 Å². The van der Waals surface area contributed by atoms with Crippen LogP contribution >= 0.6 is 22.9 Å². The number of Topliss-reactive ketones (excluding diaryl/α,β-unsaturated/α-hetero) is 1. The van der Waals surface area contributed by atoms with Gasteiger partial charge in [0.25, 0.3) is 15.6 Å². The number of halogens is 1. The number of hydrogen-bond acceptors (Lipinski definition) is 10. The molecule has 196 valence electrons. The Morgan fingerprint density at radius 2 is 1.92 bits per heavy atom. The van der Waals surface area contributed by atoms with E-state index >= 15 is 0 Å². The Bertz CT molecular complexity index is 2010. The number of sulfonamides is 1. The fourth-order valence-electron chi connectivity index (χ4n) is 3.89. The third kappa shape index (κ3) is 4.80. The molecule has 0 spiro atoms. The van der Waals surface area contributed by atoms with Crippen LogP contribution in [0.25, 0.3) is 16.7 Å². The van der Waals surface area contributed by atoms with E-state index in [-0.39, 0.29) is 48.1 Å². The minimum Gasteiger partial charge on any atom is -0.342 e. The molecule has 3 aromatic heterocycles. The van der Waals surface area contributed by atoms with Gasteiger partial charge in [-0.25, -0.2) is 22.8 Å². The highest BCUT2D eigenvalue weighted by molar-refractivity contribution is 7.94. The number of aromatic amines is 1. The lowest BCUT2D eigenvalue weighted by Crippen LogP contribution is -2.34. The average molecular weight is 594 g/mol. The molecule has 1 aliphatic rings. The van der Waals surface area contributed by atoms with E-state index in [2.05, 4.69) is 19.7 Å². The van der Waals surface area contributed by atoms with Crippen molar-refractivity contribution in [2.45, 2.75) is 22.4 Å². The molecule has 5 rings (SSSR count). The van der Waals surface area contributed by atoms with Gasteiger partial charge in [0.1, 0.15) is 26.5 Å². The largest absolute Gasteiger partial charge is 0.342 e. The molecule has 2 N–H and O–H groups in total. The second-order valence-electron chi connectivity index (χ2n) is 8.30. The van der Waals surface area contributed by atoms with E-state index in [9.17, 15) is 31.2 Å². The van der Waals surface area contributed by atoms with Crippen LogP contribution in [0.1, 0.15) is 12.5 Å². The molecule has 0 radical (unpaired) electrons. The Hall–Kier alpha value is -3.66. The van der Waals surface area contributed by atoms with Crippen LogP contribution in [-0.4, -0.2) is 48.7 Å². The first-order valence-electron chi connectivity index (χ1n) is 10.7. The third-order valence-electron chi connectivity index (χ3n) is 5.49. The zero-order valence-electron chi connectivity index (χ0n) is 19.3. The first-order chi connectivity index (χ1) is 17.8. The van der Waals surface area contributed by atoms with Crippen molar-refractivity contribution in [3.8, 4) is 5.82 Å².